The second-order valence-corrected chi connectivity index (χ2v) is 10.5. The van der Waals surface area contributed by atoms with Crippen LogP contribution in [0.5, 0.6) is 0 Å². The molecule has 2 N–H and O–H groups in total. The molecule has 0 amide bonds. The van der Waals surface area contributed by atoms with Gasteiger partial charge in [0, 0.05) is 19.1 Å². The molecule has 1 atom stereocenters. The molecule has 0 spiro atoms. The Morgan fingerprint density at radius 3 is 2.46 bits per heavy atom. The molecule has 1 fully saturated rings. The van der Waals surface area contributed by atoms with Crippen LogP contribution in [-0.4, -0.2) is 47.8 Å². The van der Waals surface area contributed by atoms with Crippen LogP contribution in [0.1, 0.15) is 36.7 Å². The summed E-state index contributed by atoms with van der Waals surface area (Å²) in [4.78, 5) is 44.6. The highest BCUT2D eigenvalue weighted by atomic mass is 16.2. The Kier molecular flexibility index (Phi) is 6.89. The summed E-state index contributed by atoms with van der Waals surface area (Å²) in [5.41, 5.74) is 10.7. The van der Waals surface area contributed by atoms with E-state index in [1.54, 1.807) is 6.92 Å². The van der Waals surface area contributed by atoms with E-state index in [0.29, 0.717) is 29.3 Å². The predicted molar refractivity (Wildman–Crippen MR) is 161 cm³/mol. The fraction of sp³-hybridized carbons (Fsp3) is 0.323. The van der Waals surface area contributed by atoms with E-state index in [2.05, 4.69) is 26.7 Å². The minimum Gasteiger partial charge on any atom is -0.341 e. The van der Waals surface area contributed by atoms with Crippen molar-refractivity contribution in [2.45, 2.75) is 52.7 Å². The number of nitrogens with two attached hydrogens (primary N) is 1. The number of anilines is 1. The predicted octanol–water partition coefficient (Wildman–Crippen LogP) is 2.91. The highest BCUT2D eigenvalue weighted by Gasteiger charge is 2.27. The number of hydrogen-bond acceptors (Lipinski definition) is 7. The van der Waals surface area contributed by atoms with Gasteiger partial charge in [0.1, 0.15) is 0 Å². The molecule has 1 saturated heterocycles. The third kappa shape index (κ3) is 4.78. The van der Waals surface area contributed by atoms with Gasteiger partial charge in [-0.3, -0.25) is 13.9 Å². The number of aromatic nitrogens is 6. The molecule has 3 aromatic heterocycles. The van der Waals surface area contributed by atoms with Crippen LogP contribution in [-0.2, 0) is 13.1 Å². The summed E-state index contributed by atoms with van der Waals surface area (Å²) < 4.78 is 4.63. The number of aryl methyl sites for hydroxylation is 2. The van der Waals surface area contributed by atoms with Crippen LogP contribution in [0.15, 0.2) is 58.1 Å². The van der Waals surface area contributed by atoms with E-state index < -0.39 is 11.2 Å². The summed E-state index contributed by atoms with van der Waals surface area (Å²) in [6.07, 6.45) is 1.85. The van der Waals surface area contributed by atoms with Gasteiger partial charge in [0.2, 0.25) is 5.95 Å². The lowest BCUT2D eigenvalue weighted by Gasteiger charge is -2.31. The second-order valence-electron chi connectivity index (χ2n) is 10.5. The van der Waals surface area contributed by atoms with Gasteiger partial charge in [-0.05, 0) is 63.4 Å². The molecule has 41 heavy (non-hydrogen) atoms. The summed E-state index contributed by atoms with van der Waals surface area (Å²) in [7, 11) is 0. The summed E-state index contributed by atoms with van der Waals surface area (Å²) in [5, 5.41) is 0. The summed E-state index contributed by atoms with van der Waals surface area (Å²) >= 11 is 0. The lowest BCUT2D eigenvalue weighted by Crippen LogP contribution is -2.44. The van der Waals surface area contributed by atoms with Crippen LogP contribution in [0.25, 0.3) is 27.9 Å². The van der Waals surface area contributed by atoms with Crippen LogP contribution in [0.3, 0.4) is 0 Å². The first-order valence-electron chi connectivity index (χ1n) is 13.8. The monoisotopic (exact) mass is 548 g/mol. The highest BCUT2D eigenvalue weighted by Crippen LogP contribution is 2.25. The topological polar surface area (TPSA) is 117 Å². The van der Waals surface area contributed by atoms with E-state index in [1.807, 2.05) is 66.9 Å². The fourth-order valence-corrected chi connectivity index (χ4v) is 5.47. The Balaban J connectivity index is 1.60. The average molecular weight is 549 g/mol. The Hall–Kier alpha value is -4.75. The van der Waals surface area contributed by atoms with Crippen molar-refractivity contribution in [3.63, 3.8) is 0 Å². The quantitative estimate of drug-likeness (QED) is 0.336. The van der Waals surface area contributed by atoms with Crippen molar-refractivity contribution in [3.8, 4) is 17.5 Å². The number of para-hydroxylation sites is 1. The van der Waals surface area contributed by atoms with Crippen LogP contribution in [0.2, 0.25) is 0 Å². The van der Waals surface area contributed by atoms with Gasteiger partial charge >= 0.3 is 5.69 Å². The van der Waals surface area contributed by atoms with Crippen LogP contribution in [0.4, 0.5) is 5.95 Å². The average Bonchev–Trinajstić information content (AvgIpc) is 3.34. The summed E-state index contributed by atoms with van der Waals surface area (Å²) in [6, 6.07) is 14.9. The molecular weight excluding hydrogens is 516 g/mol. The SMILES string of the molecule is CC#CCn1c(N2CCC[C@@H](N)C2)nc2c1c(=O)n(Cc1ccc3nc(C)c(C)nc3c1)c(=O)n2-c1ccccc1. The first kappa shape index (κ1) is 26.5. The number of benzene rings is 2. The van der Waals surface area contributed by atoms with E-state index in [0.717, 1.165) is 47.4 Å². The molecule has 5 aromatic rings. The molecule has 10 nitrogen and oxygen atoms in total. The molecule has 10 heteroatoms. The number of hydrogen-bond donors (Lipinski definition) is 1. The van der Waals surface area contributed by atoms with E-state index in [1.165, 1.54) is 9.13 Å². The van der Waals surface area contributed by atoms with Crippen molar-refractivity contribution in [2.75, 3.05) is 18.0 Å². The van der Waals surface area contributed by atoms with Gasteiger partial charge in [0.25, 0.3) is 5.56 Å². The second kappa shape index (κ2) is 10.7. The van der Waals surface area contributed by atoms with Gasteiger partial charge in [-0.1, -0.05) is 30.2 Å². The van der Waals surface area contributed by atoms with Gasteiger partial charge in [-0.25, -0.2) is 19.3 Å². The molecule has 0 unspecified atom stereocenters. The van der Waals surface area contributed by atoms with Gasteiger partial charge in [-0.2, -0.15) is 4.98 Å². The van der Waals surface area contributed by atoms with Crippen molar-refractivity contribution in [2.24, 2.45) is 5.73 Å². The maximum absolute atomic E-state index is 14.2. The fourth-order valence-electron chi connectivity index (χ4n) is 5.47. The molecule has 0 aliphatic carbocycles. The first-order chi connectivity index (χ1) is 19.9. The first-order valence-corrected chi connectivity index (χ1v) is 13.8. The molecule has 208 valence electrons. The number of piperidine rings is 1. The largest absolute Gasteiger partial charge is 0.341 e. The Bertz CT molecular complexity index is 1960. The Morgan fingerprint density at radius 1 is 0.976 bits per heavy atom. The number of nitrogens with zero attached hydrogens (tertiary/aromatic N) is 7. The molecule has 1 aliphatic rings. The third-order valence-corrected chi connectivity index (χ3v) is 7.66. The standard InChI is InChI=1S/C31H32N8O2/c1-4-5-16-37-27-28(35-30(37)36-15-9-10-23(32)19-36)39(24-11-7-6-8-12-24)31(41)38(29(27)40)18-22-13-14-25-26(17-22)34-21(3)20(2)33-25/h6-8,11-14,17,23H,9-10,15-16,18-19,32H2,1-3H3/t23-/m1/s1. The molecule has 2 aromatic carbocycles. The summed E-state index contributed by atoms with van der Waals surface area (Å²) in [6.45, 7) is 7.31. The molecular formula is C31H32N8O2. The minimum absolute atomic E-state index is 0.00525. The number of rotatable bonds is 5. The van der Waals surface area contributed by atoms with E-state index in [4.69, 9.17) is 10.7 Å². The normalized spacial score (nSPS) is 15.3. The van der Waals surface area contributed by atoms with Crippen LogP contribution < -0.4 is 21.9 Å². The zero-order chi connectivity index (χ0) is 28.7. The molecule has 6 rings (SSSR count). The molecule has 1 aliphatic heterocycles. The Labute approximate surface area is 237 Å². The number of fused-ring (bicyclic) bond motifs is 2. The van der Waals surface area contributed by atoms with Crippen molar-refractivity contribution in [3.05, 3.63) is 86.3 Å². The molecule has 0 radical (unpaired) electrons. The smallest absolute Gasteiger partial charge is 0.337 e. The summed E-state index contributed by atoms with van der Waals surface area (Å²) in [5.74, 6) is 6.63. The van der Waals surface area contributed by atoms with Crippen molar-refractivity contribution >= 4 is 28.1 Å². The molecule has 4 heterocycles. The zero-order valence-corrected chi connectivity index (χ0v) is 23.5. The van der Waals surface area contributed by atoms with E-state index in [9.17, 15) is 9.59 Å². The zero-order valence-electron chi connectivity index (χ0n) is 23.5. The molecule has 0 saturated carbocycles. The lowest BCUT2D eigenvalue weighted by atomic mass is 10.1. The minimum atomic E-state index is -0.465. The van der Waals surface area contributed by atoms with Gasteiger partial charge in [0.15, 0.2) is 11.2 Å². The maximum Gasteiger partial charge on any atom is 0.337 e. The highest BCUT2D eigenvalue weighted by molar-refractivity contribution is 5.77. The van der Waals surface area contributed by atoms with E-state index >= 15 is 0 Å². The van der Waals surface area contributed by atoms with Crippen LogP contribution in [0, 0.1) is 25.7 Å². The Morgan fingerprint density at radius 2 is 1.73 bits per heavy atom. The lowest BCUT2D eigenvalue weighted by molar-refractivity contribution is 0.496. The van der Waals surface area contributed by atoms with Gasteiger partial charge < -0.3 is 10.6 Å². The van der Waals surface area contributed by atoms with Gasteiger partial charge in [0.05, 0.1) is 41.2 Å². The van der Waals surface area contributed by atoms with Gasteiger partial charge in [-0.15, -0.1) is 5.92 Å². The van der Waals surface area contributed by atoms with Crippen molar-refractivity contribution in [1.82, 2.24) is 28.7 Å². The van der Waals surface area contributed by atoms with Crippen molar-refractivity contribution < 1.29 is 0 Å². The third-order valence-electron chi connectivity index (χ3n) is 7.66. The van der Waals surface area contributed by atoms with Crippen LogP contribution >= 0.6 is 0 Å². The van der Waals surface area contributed by atoms with E-state index in [-0.39, 0.29) is 19.1 Å². The molecule has 0 bridgehead atoms. The maximum atomic E-state index is 14.2. The van der Waals surface area contributed by atoms with Crippen molar-refractivity contribution in [1.29, 1.82) is 0 Å². The number of imidazole rings is 1.